The Labute approximate surface area is 436 Å². The summed E-state index contributed by atoms with van der Waals surface area (Å²) in [6.45, 7) is 19.9. The van der Waals surface area contributed by atoms with Gasteiger partial charge in [0.05, 0.1) is 65.1 Å². The zero-order valence-electron chi connectivity index (χ0n) is 45.5. The van der Waals surface area contributed by atoms with Crippen LogP contribution in [-0.4, -0.2) is 174 Å². The highest BCUT2D eigenvalue weighted by atomic mass is 16.4. The van der Waals surface area contributed by atoms with Gasteiger partial charge in [-0.15, -0.1) is 0 Å². The average Bonchev–Trinajstić information content (AvgIpc) is 3.47. The smallest absolute Gasteiger partial charge is 0.244 e. The zero-order chi connectivity index (χ0) is 51.0. The number of carboxylic acids is 1. The second-order valence-corrected chi connectivity index (χ2v) is 20.7. The molecule has 71 heavy (non-hydrogen) atoms. The molecular weight excluding hydrogens is 884 g/mol. The number of benzene rings is 2. The molecule has 14 heteroatoms. The molecule has 393 valence electrons. The van der Waals surface area contributed by atoms with Crippen molar-refractivity contribution in [2.45, 2.75) is 148 Å². The number of hydrogen-bond donors (Lipinski definition) is 2. The van der Waals surface area contributed by atoms with E-state index in [9.17, 15) is 14.7 Å². The van der Waals surface area contributed by atoms with Crippen LogP contribution in [0.1, 0.15) is 180 Å². The topological polar surface area (TPSA) is 134 Å². The summed E-state index contributed by atoms with van der Waals surface area (Å²) in [5.41, 5.74) is 3.89. The lowest BCUT2D eigenvalue weighted by atomic mass is 9.83. The highest BCUT2D eigenvalue weighted by molar-refractivity contribution is 6.12. The Morgan fingerprint density at radius 1 is 0.648 bits per heavy atom. The summed E-state index contributed by atoms with van der Waals surface area (Å²) in [6.07, 6.45) is 27.2. The predicted octanol–water partition coefficient (Wildman–Crippen LogP) is 6.72. The van der Waals surface area contributed by atoms with Crippen LogP contribution in [0.25, 0.3) is 0 Å². The number of aliphatic imine (C=N–C) groups is 3. The fourth-order valence-electron chi connectivity index (χ4n) is 11.6. The number of piperidine rings is 3. The molecular formula is C57H95BN10O3+. The van der Waals surface area contributed by atoms with E-state index in [2.05, 4.69) is 49.5 Å². The minimum absolute atomic E-state index is 0. The van der Waals surface area contributed by atoms with Crippen LogP contribution in [0.3, 0.4) is 0 Å². The first kappa shape index (κ1) is 50.9. The number of hydrogen-bond acceptors (Lipinski definition) is 11. The van der Waals surface area contributed by atoms with Crippen molar-refractivity contribution in [2.24, 2.45) is 15.0 Å². The molecule has 0 amide bonds. The number of nitrogens with one attached hydrogen (secondary N) is 2. The summed E-state index contributed by atoms with van der Waals surface area (Å²) < 4.78 is 16.5. The molecule has 10 aliphatic heterocycles. The van der Waals surface area contributed by atoms with Gasteiger partial charge in [0, 0.05) is 133 Å². The monoisotopic (exact) mass is 984 g/mol. The van der Waals surface area contributed by atoms with E-state index < -0.39 is 11.9 Å². The highest BCUT2D eigenvalue weighted by Crippen LogP contribution is 2.29. The number of fused-ring (bicyclic) bond motifs is 5. The summed E-state index contributed by atoms with van der Waals surface area (Å²) in [5.74, 6) is 5.30. The van der Waals surface area contributed by atoms with Crippen LogP contribution in [0.2, 0.25) is 0 Å². The normalized spacial score (nSPS) is 22.3. The number of carbonyl (C=O) groups is 2. The van der Waals surface area contributed by atoms with Gasteiger partial charge in [-0.3, -0.25) is 39.6 Å². The Morgan fingerprint density at radius 2 is 1.08 bits per heavy atom. The number of carbonyl (C=O) groups excluding carboxylic acids is 2. The van der Waals surface area contributed by atoms with Crippen molar-refractivity contribution in [3.05, 3.63) is 70.3 Å². The SMILES string of the molecule is C1CCN2CCCN=C2C1.C1CCN2CCCN=C2C1.C1CCN2CCCN=C2C1.C1CC[N+]2=C(C1)NCCC2.C1CC[N+]2=C(C1)NCCC2.CC(C(=O)[O-])c1ccc2c(c1)C(=O)c1ccccc1C2.[2HH].[2HH].[2H][B][3H].[HH].[HH]. The van der Waals surface area contributed by atoms with E-state index in [4.69, 9.17) is 2.67 Å². The minimum atomic E-state index is -1.13. The molecule has 0 aromatic heterocycles. The standard InChI is InChI=1S/C17H14O3.5C8H14N2.BH2.4H2/c1-10(17(19)20)11-6-7-13-8-12-4-2-3-5-14(12)16(18)15(13)9-11;5*1-2-6-10-7-3-5-9-8(10)4-1;;;;;/h2-7,9-10H,8H2,1H3,(H,19,20);5*1-7H2;1H2;4*1H/p+1/i;;;;;;1TD;2*1+1;;. The number of ketones is 1. The van der Waals surface area contributed by atoms with Crippen molar-refractivity contribution in [3.63, 3.8) is 0 Å². The lowest BCUT2D eigenvalue weighted by Gasteiger charge is -2.32. The Morgan fingerprint density at radius 3 is 1.55 bits per heavy atom. The third-order valence-electron chi connectivity index (χ3n) is 15.7. The molecule has 11 aliphatic rings. The number of aliphatic carboxylic acids is 1. The Kier molecular flexibility index (Phi) is 20.3. The van der Waals surface area contributed by atoms with E-state index >= 15 is 0 Å². The van der Waals surface area contributed by atoms with Gasteiger partial charge in [0.2, 0.25) is 11.7 Å². The lowest BCUT2D eigenvalue weighted by molar-refractivity contribution is -0.539. The summed E-state index contributed by atoms with van der Waals surface area (Å²) in [4.78, 5) is 44.3. The van der Waals surface area contributed by atoms with Crippen LogP contribution >= 0.6 is 0 Å². The second-order valence-electron chi connectivity index (χ2n) is 20.7. The number of rotatable bonds is 2. The lowest BCUT2D eigenvalue weighted by Crippen LogP contribution is -2.42. The molecule has 0 spiro atoms. The van der Waals surface area contributed by atoms with Crippen LogP contribution in [0.15, 0.2) is 57.4 Å². The first-order valence-corrected chi connectivity index (χ1v) is 27.9. The molecule has 2 N–H and O–H groups in total. The van der Waals surface area contributed by atoms with E-state index in [0.717, 1.165) is 30.8 Å². The van der Waals surface area contributed by atoms with Crippen LogP contribution in [-0.2, 0) is 11.2 Å². The van der Waals surface area contributed by atoms with Crippen LogP contribution in [0, 0.1) is 0 Å². The predicted molar refractivity (Wildman–Crippen MR) is 300 cm³/mol. The van der Waals surface area contributed by atoms with Gasteiger partial charge >= 0.3 is 0 Å². The van der Waals surface area contributed by atoms with Crippen LogP contribution < -0.4 is 15.7 Å². The van der Waals surface area contributed by atoms with Crippen LogP contribution in [0.5, 0.6) is 0 Å². The Hall–Kier alpha value is -5.01. The van der Waals surface area contributed by atoms with Crippen molar-refractivity contribution >= 4 is 49.3 Å². The van der Waals surface area contributed by atoms with Crippen molar-refractivity contribution in [1.29, 1.82) is 2.67 Å². The quantitative estimate of drug-likeness (QED) is 0.214. The zero-order valence-corrected chi connectivity index (χ0v) is 43.5. The molecule has 0 bridgehead atoms. The van der Waals surface area contributed by atoms with E-state index in [1.807, 2.05) is 30.3 Å². The van der Waals surface area contributed by atoms with Crippen molar-refractivity contribution in [1.82, 2.24) is 25.3 Å². The molecule has 13 nitrogen and oxygen atoms in total. The summed E-state index contributed by atoms with van der Waals surface area (Å²) in [7, 11) is 0.500. The minimum Gasteiger partial charge on any atom is -0.550 e. The molecule has 1 unspecified atom stereocenters. The summed E-state index contributed by atoms with van der Waals surface area (Å²) in [5, 5.41) is 17.9. The van der Waals surface area contributed by atoms with Crippen molar-refractivity contribution in [3.8, 4) is 0 Å². The molecule has 1 atom stereocenters. The van der Waals surface area contributed by atoms with Gasteiger partial charge in [-0.2, -0.15) is 0 Å². The number of carboxylic acid groups (broad SMARTS) is 1. The average molecular weight is 984 g/mol. The molecule has 10 heterocycles. The van der Waals surface area contributed by atoms with E-state index in [1.54, 1.807) is 19.1 Å². The van der Waals surface area contributed by atoms with Crippen LogP contribution in [0.4, 0.5) is 0 Å². The molecule has 1 radical (unpaired) electrons. The van der Waals surface area contributed by atoms with Gasteiger partial charge in [-0.05, 0) is 115 Å². The van der Waals surface area contributed by atoms with E-state index in [1.165, 1.54) is 236 Å². The second kappa shape index (κ2) is 28.3. The maximum atomic E-state index is 12.5. The molecule has 0 saturated carbocycles. The molecule has 2 aromatic rings. The Balaban J connectivity index is 0.000000244. The van der Waals surface area contributed by atoms with E-state index in [-0.39, 0.29) is 11.5 Å². The number of amidine groups is 5. The first-order chi connectivity index (χ1) is 35.8. The van der Waals surface area contributed by atoms with E-state index in [0.29, 0.717) is 31.5 Å². The van der Waals surface area contributed by atoms with Gasteiger partial charge in [0.1, 0.15) is 0 Å². The fraction of sp³-hybridized carbons (Fsp3) is 0.667. The maximum Gasteiger partial charge on any atom is 0.244 e. The van der Waals surface area contributed by atoms with Gasteiger partial charge in [-0.1, -0.05) is 43.3 Å². The van der Waals surface area contributed by atoms with Gasteiger partial charge < -0.3 is 24.6 Å². The van der Waals surface area contributed by atoms with Gasteiger partial charge in [-0.25, -0.2) is 0 Å². The Bertz CT molecular complexity index is 2090. The highest BCUT2D eigenvalue weighted by Gasteiger charge is 2.26. The molecule has 13 rings (SSSR count). The molecule has 2 aromatic carbocycles. The van der Waals surface area contributed by atoms with Crippen molar-refractivity contribution < 1.29 is 29.6 Å². The fourth-order valence-corrected chi connectivity index (χ4v) is 11.6. The van der Waals surface area contributed by atoms with Gasteiger partial charge in [0.25, 0.3) is 0 Å². The molecule has 3 fully saturated rings. The van der Waals surface area contributed by atoms with Gasteiger partial charge in [0.15, 0.2) is 5.78 Å². The molecule has 1 aliphatic carbocycles. The largest absolute Gasteiger partial charge is 0.550 e. The molecule has 3 saturated heterocycles. The summed E-state index contributed by atoms with van der Waals surface area (Å²) >= 11 is 0. The maximum absolute atomic E-state index is 12.5. The first-order valence-electron chi connectivity index (χ1n) is 29.1. The summed E-state index contributed by atoms with van der Waals surface area (Å²) in [6, 6.07) is 12.8. The van der Waals surface area contributed by atoms with Crippen molar-refractivity contribution in [2.75, 3.05) is 98.2 Å². The third-order valence-corrected chi connectivity index (χ3v) is 15.7. The third kappa shape index (κ3) is 15.5. The number of nitrogens with zero attached hydrogens (tertiary/aromatic N) is 8.